The summed E-state index contributed by atoms with van der Waals surface area (Å²) in [5.41, 5.74) is 1.56. The van der Waals surface area contributed by atoms with E-state index in [1.54, 1.807) is 26.4 Å². The van der Waals surface area contributed by atoms with E-state index < -0.39 is 9.84 Å². The average molecular weight is 418 g/mol. The van der Waals surface area contributed by atoms with Gasteiger partial charge in [-0.1, -0.05) is 18.9 Å². The van der Waals surface area contributed by atoms with Gasteiger partial charge in [-0.2, -0.15) is 0 Å². The van der Waals surface area contributed by atoms with Crippen molar-refractivity contribution in [1.29, 1.82) is 0 Å². The molecule has 156 valence electrons. The molecule has 1 N–H and O–H groups in total. The molecule has 1 saturated carbocycles. The van der Waals surface area contributed by atoms with Crippen LogP contribution in [0.2, 0.25) is 0 Å². The number of carbonyl (C=O) groups excluding carboxylic acids is 1. The predicted molar refractivity (Wildman–Crippen MR) is 112 cm³/mol. The average Bonchev–Trinajstić information content (AvgIpc) is 2.73. The van der Waals surface area contributed by atoms with E-state index in [1.165, 1.54) is 12.1 Å². The molecule has 6 nitrogen and oxygen atoms in total. The number of carbonyl (C=O) groups is 1. The van der Waals surface area contributed by atoms with Gasteiger partial charge in [-0.3, -0.25) is 4.79 Å². The zero-order valence-corrected chi connectivity index (χ0v) is 17.8. The molecule has 2 aromatic carbocycles. The van der Waals surface area contributed by atoms with Gasteiger partial charge in [0.15, 0.2) is 21.3 Å². The lowest BCUT2D eigenvalue weighted by Gasteiger charge is -2.33. The molecule has 2 aromatic rings. The number of hydrogen-bond donors (Lipinski definition) is 1. The largest absolute Gasteiger partial charge is 0.493 e. The van der Waals surface area contributed by atoms with E-state index in [1.807, 2.05) is 18.2 Å². The minimum atomic E-state index is -3.28. The van der Waals surface area contributed by atoms with E-state index in [0.29, 0.717) is 17.1 Å². The highest BCUT2D eigenvalue weighted by molar-refractivity contribution is 7.90. The van der Waals surface area contributed by atoms with Crippen LogP contribution in [0, 0.1) is 0 Å². The van der Waals surface area contributed by atoms with Gasteiger partial charge in [-0.15, -0.1) is 0 Å². The molecule has 29 heavy (non-hydrogen) atoms. The Kier molecular flexibility index (Phi) is 6.47. The first-order valence-corrected chi connectivity index (χ1v) is 11.6. The first-order chi connectivity index (χ1) is 13.8. The lowest BCUT2D eigenvalue weighted by Crippen LogP contribution is -2.41. The summed E-state index contributed by atoms with van der Waals surface area (Å²) in [4.78, 5) is 13.0. The van der Waals surface area contributed by atoms with Crippen LogP contribution in [0.1, 0.15) is 47.5 Å². The van der Waals surface area contributed by atoms with Crippen molar-refractivity contribution >= 4 is 15.7 Å². The zero-order valence-electron chi connectivity index (χ0n) is 17.0. The van der Waals surface area contributed by atoms with Gasteiger partial charge in [0.2, 0.25) is 0 Å². The van der Waals surface area contributed by atoms with Gasteiger partial charge >= 0.3 is 0 Å². The molecule has 0 spiro atoms. The third kappa shape index (κ3) is 4.90. The highest BCUT2D eigenvalue weighted by Crippen LogP contribution is 2.37. The van der Waals surface area contributed by atoms with Gasteiger partial charge in [-0.25, -0.2) is 8.42 Å². The first kappa shape index (κ1) is 21.2. The van der Waals surface area contributed by atoms with Crippen LogP contribution in [0.4, 0.5) is 0 Å². The topological polar surface area (TPSA) is 81.7 Å². The Balaban J connectivity index is 1.79. The summed E-state index contributed by atoms with van der Waals surface area (Å²) in [7, 11) is -0.0631. The highest BCUT2D eigenvalue weighted by atomic mass is 32.2. The molecule has 1 aliphatic rings. The summed E-state index contributed by atoms with van der Waals surface area (Å²) in [6.07, 6.45) is 5.19. The molecule has 0 heterocycles. The molecular weight excluding hydrogens is 390 g/mol. The summed E-state index contributed by atoms with van der Waals surface area (Å²) < 4.78 is 34.0. The molecule has 1 fully saturated rings. The fourth-order valence-electron chi connectivity index (χ4n) is 3.89. The fraction of sp³-hybridized carbons (Fsp3) is 0.409. The van der Waals surface area contributed by atoms with Crippen molar-refractivity contribution < 1.29 is 22.7 Å². The van der Waals surface area contributed by atoms with Gasteiger partial charge < -0.3 is 14.8 Å². The third-order valence-electron chi connectivity index (χ3n) is 5.46. The van der Waals surface area contributed by atoms with E-state index in [2.05, 4.69) is 5.32 Å². The molecule has 0 radical (unpaired) electrons. The van der Waals surface area contributed by atoms with Crippen LogP contribution in [0.15, 0.2) is 47.4 Å². The third-order valence-corrected chi connectivity index (χ3v) is 6.59. The molecule has 0 aromatic heterocycles. The lowest BCUT2D eigenvalue weighted by molar-refractivity contribution is 0.0920. The van der Waals surface area contributed by atoms with Crippen molar-refractivity contribution in [2.45, 2.75) is 42.5 Å². The van der Waals surface area contributed by atoms with Crippen LogP contribution in [0.5, 0.6) is 11.5 Å². The monoisotopic (exact) mass is 417 g/mol. The minimum Gasteiger partial charge on any atom is -0.493 e. The Hall–Kier alpha value is -2.54. The number of methoxy groups -OCH3 is 2. The Morgan fingerprint density at radius 1 is 0.966 bits per heavy atom. The van der Waals surface area contributed by atoms with Crippen LogP contribution in [0.3, 0.4) is 0 Å². The fourth-order valence-corrected chi connectivity index (χ4v) is 4.52. The molecule has 1 aliphatic carbocycles. The van der Waals surface area contributed by atoms with E-state index in [9.17, 15) is 13.2 Å². The maximum atomic E-state index is 12.8. The van der Waals surface area contributed by atoms with Crippen LogP contribution < -0.4 is 14.8 Å². The quantitative estimate of drug-likeness (QED) is 0.777. The molecule has 0 bridgehead atoms. The maximum absolute atomic E-state index is 12.8. The number of rotatable bonds is 6. The molecular formula is C22H27NO5S. The Labute approximate surface area is 172 Å². The number of hydrogen-bond acceptors (Lipinski definition) is 5. The summed E-state index contributed by atoms with van der Waals surface area (Å²) in [5.74, 6) is 1.35. The molecule has 0 saturated heterocycles. The van der Waals surface area contributed by atoms with E-state index in [-0.39, 0.29) is 22.8 Å². The number of ether oxygens (including phenoxy) is 2. The minimum absolute atomic E-state index is 0.00364. The maximum Gasteiger partial charge on any atom is 0.251 e. The molecule has 3 rings (SSSR count). The standard InChI is InChI=1S/C22H27NO5S/c1-27-20-13-10-16(14-21(20)28-2)18-6-4-5-7-19(18)23-22(24)15-8-11-17(12-9-15)29(3,25)26/h8-14,18-19H,4-7H2,1-3H3,(H,23,24)/t18-,19-/m1/s1. The van der Waals surface area contributed by atoms with Crippen molar-refractivity contribution in [2.75, 3.05) is 20.5 Å². The second-order valence-corrected chi connectivity index (χ2v) is 9.40. The lowest BCUT2D eigenvalue weighted by atomic mass is 9.79. The van der Waals surface area contributed by atoms with Crippen molar-refractivity contribution in [2.24, 2.45) is 0 Å². The summed E-state index contributed by atoms with van der Waals surface area (Å²) in [6.45, 7) is 0. The molecule has 7 heteroatoms. The summed E-state index contributed by atoms with van der Waals surface area (Å²) in [6, 6.07) is 12.0. The normalized spacial score (nSPS) is 19.4. The van der Waals surface area contributed by atoms with Crippen LogP contribution in [-0.4, -0.2) is 40.8 Å². The van der Waals surface area contributed by atoms with E-state index in [4.69, 9.17) is 9.47 Å². The van der Waals surface area contributed by atoms with Crippen LogP contribution in [0.25, 0.3) is 0 Å². The first-order valence-electron chi connectivity index (χ1n) is 9.66. The van der Waals surface area contributed by atoms with Gasteiger partial charge in [0.25, 0.3) is 5.91 Å². The van der Waals surface area contributed by atoms with Crippen molar-refractivity contribution in [3.8, 4) is 11.5 Å². The second-order valence-electron chi connectivity index (χ2n) is 7.38. The van der Waals surface area contributed by atoms with Crippen molar-refractivity contribution in [1.82, 2.24) is 5.32 Å². The Morgan fingerprint density at radius 3 is 2.24 bits per heavy atom. The van der Waals surface area contributed by atoms with E-state index in [0.717, 1.165) is 37.5 Å². The summed E-state index contributed by atoms with van der Waals surface area (Å²) >= 11 is 0. The van der Waals surface area contributed by atoms with Gasteiger partial charge in [0, 0.05) is 23.8 Å². The second kappa shape index (κ2) is 8.86. The van der Waals surface area contributed by atoms with Crippen LogP contribution >= 0.6 is 0 Å². The van der Waals surface area contributed by atoms with Gasteiger partial charge in [0.1, 0.15) is 0 Å². The highest BCUT2D eigenvalue weighted by Gasteiger charge is 2.29. The van der Waals surface area contributed by atoms with Crippen molar-refractivity contribution in [3.05, 3.63) is 53.6 Å². The van der Waals surface area contributed by atoms with Gasteiger partial charge in [-0.05, 0) is 54.8 Å². The summed E-state index contributed by atoms with van der Waals surface area (Å²) in [5, 5.41) is 3.15. The number of sulfone groups is 1. The van der Waals surface area contributed by atoms with E-state index >= 15 is 0 Å². The smallest absolute Gasteiger partial charge is 0.251 e. The number of benzene rings is 2. The van der Waals surface area contributed by atoms with Gasteiger partial charge in [0.05, 0.1) is 19.1 Å². The zero-order chi connectivity index (χ0) is 21.0. The SMILES string of the molecule is COc1ccc([C@H]2CCCC[C@H]2NC(=O)c2ccc(S(C)(=O)=O)cc2)cc1OC. The Bertz CT molecular complexity index is 969. The number of nitrogens with one attached hydrogen (secondary N) is 1. The van der Waals surface area contributed by atoms with Crippen molar-refractivity contribution in [3.63, 3.8) is 0 Å². The molecule has 0 unspecified atom stereocenters. The molecule has 0 aliphatic heterocycles. The molecule has 2 atom stereocenters. The van der Waals surface area contributed by atoms with Crippen LogP contribution in [-0.2, 0) is 9.84 Å². The predicted octanol–water partition coefficient (Wildman–Crippen LogP) is 3.56. The Morgan fingerprint density at radius 2 is 1.62 bits per heavy atom. The number of amides is 1. The molecule has 1 amide bonds.